The number of rotatable bonds is 2. The zero-order chi connectivity index (χ0) is 16.2. The fourth-order valence-electron chi connectivity index (χ4n) is 3.24. The van der Waals surface area contributed by atoms with Gasteiger partial charge in [0, 0.05) is 43.3 Å². The van der Waals surface area contributed by atoms with Gasteiger partial charge in [0.05, 0.1) is 5.92 Å². The van der Waals surface area contributed by atoms with Crippen molar-refractivity contribution < 1.29 is 9.59 Å². The van der Waals surface area contributed by atoms with Crippen LogP contribution in [0.3, 0.4) is 0 Å². The highest BCUT2D eigenvalue weighted by Gasteiger charge is 2.29. The van der Waals surface area contributed by atoms with Gasteiger partial charge in [-0.3, -0.25) is 9.59 Å². The van der Waals surface area contributed by atoms with E-state index in [1.165, 1.54) is 0 Å². The topological polar surface area (TPSA) is 52.7 Å². The lowest BCUT2D eigenvalue weighted by molar-refractivity contribution is -0.134. The molecule has 2 fully saturated rings. The minimum Gasteiger partial charge on any atom is -0.341 e. The highest BCUT2D eigenvalue weighted by Crippen LogP contribution is 2.16. The van der Waals surface area contributed by atoms with Crippen LogP contribution in [0.1, 0.15) is 23.2 Å². The number of hydrogen-bond acceptors (Lipinski definition) is 3. The molecule has 124 valence electrons. The van der Waals surface area contributed by atoms with Crippen LogP contribution in [-0.4, -0.2) is 60.9 Å². The highest BCUT2D eigenvalue weighted by atomic mass is 35.5. The summed E-state index contributed by atoms with van der Waals surface area (Å²) in [5.41, 5.74) is 0.647. The monoisotopic (exact) mass is 335 g/mol. The Hall–Kier alpha value is -1.59. The first kappa shape index (κ1) is 16.3. The summed E-state index contributed by atoms with van der Waals surface area (Å²) in [6.07, 6.45) is 1.74. The van der Waals surface area contributed by atoms with Crippen LogP contribution in [-0.2, 0) is 4.79 Å². The summed E-state index contributed by atoms with van der Waals surface area (Å²) >= 11 is 5.87. The number of carbonyl (C=O) groups is 2. The molecular weight excluding hydrogens is 314 g/mol. The van der Waals surface area contributed by atoms with Crippen LogP contribution in [0.2, 0.25) is 5.02 Å². The second kappa shape index (κ2) is 7.32. The summed E-state index contributed by atoms with van der Waals surface area (Å²) < 4.78 is 0. The molecule has 0 bridgehead atoms. The van der Waals surface area contributed by atoms with Crippen LogP contribution in [0, 0.1) is 5.92 Å². The Morgan fingerprint density at radius 3 is 2.43 bits per heavy atom. The molecule has 3 rings (SSSR count). The Kier molecular flexibility index (Phi) is 5.18. The smallest absolute Gasteiger partial charge is 0.253 e. The zero-order valence-corrected chi connectivity index (χ0v) is 13.9. The number of nitrogens with one attached hydrogen (secondary N) is 1. The van der Waals surface area contributed by atoms with E-state index < -0.39 is 0 Å². The third kappa shape index (κ3) is 3.85. The molecule has 0 aliphatic carbocycles. The van der Waals surface area contributed by atoms with Crippen molar-refractivity contribution >= 4 is 23.4 Å². The summed E-state index contributed by atoms with van der Waals surface area (Å²) in [6.45, 7) is 4.34. The highest BCUT2D eigenvalue weighted by molar-refractivity contribution is 6.30. The molecule has 1 atom stereocenters. The molecule has 2 aliphatic heterocycles. The van der Waals surface area contributed by atoms with E-state index in [0.717, 1.165) is 32.5 Å². The zero-order valence-electron chi connectivity index (χ0n) is 13.1. The minimum atomic E-state index is 0.0125. The fraction of sp³-hybridized carbons (Fsp3) is 0.529. The normalized spacial score (nSPS) is 22.0. The van der Waals surface area contributed by atoms with E-state index in [1.807, 2.05) is 9.80 Å². The molecule has 0 saturated carbocycles. The van der Waals surface area contributed by atoms with Gasteiger partial charge >= 0.3 is 0 Å². The van der Waals surface area contributed by atoms with Crippen molar-refractivity contribution in [2.45, 2.75) is 12.8 Å². The van der Waals surface area contributed by atoms with Crippen LogP contribution in [0.25, 0.3) is 0 Å². The van der Waals surface area contributed by atoms with Crippen LogP contribution >= 0.6 is 11.6 Å². The maximum absolute atomic E-state index is 12.6. The largest absolute Gasteiger partial charge is 0.341 e. The summed E-state index contributed by atoms with van der Waals surface area (Å²) in [7, 11) is 0. The Balaban J connectivity index is 1.60. The lowest BCUT2D eigenvalue weighted by atomic mass is 10.1. The summed E-state index contributed by atoms with van der Waals surface area (Å²) in [5.74, 6) is 0.350. The van der Waals surface area contributed by atoms with Gasteiger partial charge in [0.25, 0.3) is 5.91 Å². The van der Waals surface area contributed by atoms with Gasteiger partial charge in [0.2, 0.25) is 5.91 Å². The molecular formula is C17H22ClN3O2. The van der Waals surface area contributed by atoms with E-state index in [-0.39, 0.29) is 17.7 Å². The molecule has 2 saturated heterocycles. The molecule has 23 heavy (non-hydrogen) atoms. The van der Waals surface area contributed by atoms with Crippen molar-refractivity contribution in [2.24, 2.45) is 5.92 Å². The summed E-state index contributed by atoms with van der Waals surface area (Å²) in [5, 5.41) is 3.86. The van der Waals surface area contributed by atoms with Crippen molar-refractivity contribution in [3.8, 4) is 0 Å². The first-order chi connectivity index (χ1) is 11.1. The third-order valence-corrected chi connectivity index (χ3v) is 4.85. The van der Waals surface area contributed by atoms with Crippen molar-refractivity contribution in [1.29, 1.82) is 0 Å². The van der Waals surface area contributed by atoms with Crippen LogP contribution in [0.5, 0.6) is 0 Å². The van der Waals surface area contributed by atoms with Gasteiger partial charge in [0.15, 0.2) is 0 Å². The Morgan fingerprint density at radius 1 is 1.04 bits per heavy atom. The van der Waals surface area contributed by atoms with Crippen LogP contribution in [0.15, 0.2) is 24.3 Å². The van der Waals surface area contributed by atoms with Gasteiger partial charge in [-0.25, -0.2) is 0 Å². The average molecular weight is 336 g/mol. The van der Waals surface area contributed by atoms with Crippen molar-refractivity contribution in [1.82, 2.24) is 15.1 Å². The van der Waals surface area contributed by atoms with Crippen molar-refractivity contribution in [2.75, 3.05) is 39.3 Å². The van der Waals surface area contributed by atoms with Gasteiger partial charge in [-0.2, -0.15) is 0 Å². The number of nitrogens with zero attached hydrogens (tertiary/aromatic N) is 2. The van der Waals surface area contributed by atoms with Gasteiger partial charge in [-0.05, 0) is 43.7 Å². The van der Waals surface area contributed by atoms with Crippen molar-refractivity contribution in [3.05, 3.63) is 34.9 Å². The second-order valence-corrected chi connectivity index (χ2v) is 6.60. The van der Waals surface area contributed by atoms with E-state index in [4.69, 9.17) is 11.6 Å². The van der Waals surface area contributed by atoms with Gasteiger partial charge in [0.1, 0.15) is 0 Å². The molecule has 1 N–H and O–H groups in total. The number of hydrogen-bond donors (Lipinski definition) is 1. The van der Waals surface area contributed by atoms with Crippen molar-refractivity contribution in [3.63, 3.8) is 0 Å². The molecule has 0 aromatic heterocycles. The van der Waals surface area contributed by atoms with Gasteiger partial charge in [-0.1, -0.05) is 11.6 Å². The SMILES string of the molecule is O=C(c1ccc(Cl)cc1)N1CCCN(C(=O)C2CCNC2)CC1. The lowest BCUT2D eigenvalue weighted by Gasteiger charge is -2.24. The van der Waals surface area contributed by atoms with Gasteiger partial charge in [-0.15, -0.1) is 0 Å². The number of benzene rings is 1. The first-order valence-corrected chi connectivity index (χ1v) is 8.57. The van der Waals surface area contributed by atoms with E-state index in [9.17, 15) is 9.59 Å². The Labute approximate surface area is 141 Å². The molecule has 1 aromatic carbocycles. The Morgan fingerprint density at radius 2 is 1.74 bits per heavy atom. The quantitative estimate of drug-likeness (QED) is 0.893. The van der Waals surface area contributed by atoms with E-state index in [0.29, 0.717) is 30.2 Å². The standard InChI is InChI=1S/C17H22ClN3O2/c18-15-4-2-13(3-5-15)16(22)20-8-1-9-21(11-10-20)17(23)14-6-7-19-12-14/h2-5,14,19H,1,6-12H2. The minimum absolute atomic E-state index is 0.0125. The molecule has 2 heterocycles. The molecule has 2 aliphatic rings. The lowest BCUT2D eigenvalue weighted by Crippen LogP contribution is -2.40. The van der Waals surface area contributed by atoms with E-state index in [2.05, 4.69) is 5.32 Å². The number of halogens is 1. The predicted molar refractivity (Wildman–Crippen MR) is 89.5 cm³/mol. The molecule has 5 nitrogen and oxygen atoms in total. The number of amides is 2. The van der Waals surface area contributed by atoms with E-state index in [1.54, 1.807) is 24.3 Å². The molecule has 1 aromatic rings. The summed E-state index contributed by atoms with van der Waals surface area (Å²) in [6, 6.07) is 6.97. The third-order valence-electron chi connectivity index (χ3n) is 4.60. The van der Waals surface area contributed by atoms with Crippen LogP contribution in [0.4, 0.5) is 0 Å². The average Bonchev–Trinajstić information content (AvgIpc) is 2.99. The predicted octanol–water partition coefficient (Wildman–Crippen LogP) is 1.62. The van der Waals surface area contributed by atoms with E-state index >= 15 is 0 Å². The first-order valence-electron chi connectivity index (χ1n) is 8.19. The number of carbonyl (C=O) groups excluding carboxylic acids is 2. The maximum atomic E-state index is 12.6. The van der Waals surface area contributed by atoms with Gasteiger partial charge < -0.3 is 15.1 Å². The maximum Gasteiger partial charge on any atom is 0.253 e. The molecule has 1 unspecified atom stereocenters. The fourth-order valence-corrected chi connectivity index (χ4v) is 3.37. The summed E-state index contributed by atoms with van der Waals surface area (Å²) in [4.78, 5) is 28.8. The molecule has 6 heteroatoms. The molecule has 0 spiro atoms. The second-order valence-electron chi connectivity index (χ2n) is 6.17. The van der Waals surface area contributed by atoms with Crippen LogP contribution < -0.4 is 5.32 Å². The molecule has 0 radical (unpaired) electrons. The molecule has 2 amide bonds. The Bertz CT molecular complexity index is 570.